The molecule has 1 N–H and O–H groups in total. The minimum Gasteiger partial charge on any atom is -0.457 e. The van der Waals surface area contributed by atoms with Crippen molar-refractivity contribution in [2.24, 2.45) is 5.92 Å². The van der Waals surface area contributed by atoms with Crippen LogP contribution < -0.4 is 10.1 Å². The van der Waals surface area contributed by atoms with Crippen LogP contribution in [-0.4, -0.2) is 25.8 Å². The number of hydrogen-bond acceptors (Lipinski definition) is 4. The van der Waals surface area contributed by atoms with E-state index in [1.165, 1.54) is 0 Å². The third kappa shape index (κ3) is 4.35. The van der Waals surface area contributed by atoms with E-state index in [4.69, 9.17) is 4.74 Å². The second-order valence-electron chi connectivity index (χ2n) is 5.88. The molecule has 2 aromatic carbocycles. The largest absolute Gasteiger partial charge is 0.457 e. The van der Waals surface area contributed by atoms with Crippen molar-refractivity contribution in [3.63, 3.8) is 0 Å². The van der Waals surface area contributed by atoms with Crippen molar-refractivity contribution in [3.8, 4) is 11.5 Å². The number of para-hydroxylation sites is 1. The maximum Gasteiger partial charge on any atom is 0.224 e. The van der Waals surface area contributed by atoms with Crippen LogP contribution in [0.3, 0.4) is 0 Å². The van der Waals surface area contributed by atoms with Gasteiger partial charge in [-0.25, -0.2) is 8.42 Å². The van der Waals surface area contributed by atoms with Crippen LogP contribution in [0.15, 0.2) is 54.6 Å². The maximum absolute atomic E-state index is 12.0. The molecule has 1 heterocycles. The van der Waals surface area contributed by atoms with Gasteiger partial charge in [0, 0.05) is 6.54 Å². The molecule has 0 saturated carbocycles. The summed E-state index contributed by atoms with van der Waals surface area (Å²) in [6.45, 7) is 0.376. The third-order valence-corrected chi connectivity index (χ3v) is 5.74. The second-order valence-corrected chi connectivity index (χ2v) is 8.11. The number of sulfone groups is 1. The molecule has 0 bridgehead atoms. The van der Waals surface area contributed by atoms with Gasteiger partial charge in [-0.05, 0) is 36.2 Å². The first kappa shape index (κ1) is 16.5. The molecule has 126 valence electrons. The average Bonchev–Trinajstić information content (AvgIpc) is 2.95. The van der Waals surface area contributed by atoms with Gasteiger partial charge in [0.25, 0.3) is 0 Å². The molecule has 1 aliphatic rings. The Kier molecular flexibility index (Phi) is 4.85. The lowest BCUT2D eigenvalue weighted by Gasteiger charge is -2.10. The van der Waals surface area contributed by atoms with Crippen molar-refractivity contribution >= 4 is 15.7 Å². The standard InChI is InChI=1S/C18H19NO4S/c20-18(15-10-11-24(21,22)13-15)19-12-14-6-8-17(9-7-14)23-16-4-2-1-3-5-16/h1-9,15H,10-13H2,(H,19,20). The van der Waals surface area contributed by atoms with Gasteiger partial charge in [0.05, 0.1) is 17.4 Å². The molecule has 0 spiro atoms. The van der Waals surface area contributed by atoms with E-state index < -0.39 is 15.8 Å². The van der Waals surface area contributed by atoms with Crippen LogP contribution in [0.1, 0.15) is 12.0 Å². The Bertz CT molecular complexity index is 801. The Hall–Kier alpha value is -2.34. The SMILES string of the molecule is O=C(NCc1ccc(Oc2ccccc2)cc1)C1CCS(=O)(=O)C1. The van der Waals surface area contributed by atoms with Gasteiger partial charge in [-0.1, -0.05) is 30.3 Å². The quantitative estimate of drug-likeness (QED) is 0.904. The normalized spacial score (nSPS) is 18.9. The second kappa shape index (κ2) is 7.05. The van der Waals surface area contributed by atoms with Gasteiger partial charge in [-0.2, -0.15) is 0 Å². The first-order chi connectivity index (χ1) is 11.5. The lowest BCUT2D eigenvalue weighted by Crippen LogP contribution is -2.30. The molecule has 1 amide bonds. The molecule has 1 fully saturated rings. The Morgan fingerprint density at radius 1 is 1.04 bits per heavy atom. The zero-order valence-electron chi connectivity index (χ0n) is 13.1. The zero-order chi connectivity index (χ0) is 17.0. The lowest BCUT2D eigenvalue weighted by molar-refractivity contribution is -0.124. The van der Waals surface area contributed by atoms with Crippen LogP contribution in [0.2, 0.25) is 0 Å². The van der Waals surface area contributed by atoms with Crippen LogP contribution in [0.4, 0.5) is 0 Å². The van der Waals surface area contributed by atoms with Gasteiger partial charge >= 0.3 is 0 Å². The van der Waals surface area contributed by atoms with E-state index in [9.17, 15) is 13.2 Å². The number of nitrogens with one attached hydrogen (secondary N) is 1. The molecule has 2 aromatic rings. The molecule has 0 aliphatic carbocycles. The fourth-order valence-corrected chi connectivity index (χ4v) is 4.38. The van der Waals surface area contributed by atoms with Crippen molar-refractivity contribution in [2.45, 2.75) is 13.0 Å². The van der Waals surface area contributed by atoms with E-state index >= 15 is 0 Å². The minimum atomic E-state index is -3.04. The summed E-state index contributed by atoms with van der Waals surface area (Å²) in [7, 11) is -3.04. The van der Waals surface area contributed by atoms with Crippen molar-refractivity contribution in [1.29, 1.82) is 0 Å². The van der Waals surface area contributed by atoms with Crippen molar-refractivity contribution in [3.05, 3.63) is 60.2 Å². The van der Waals surface area contributed by atoms with Gasteiger partial charge < -0.3 is 10.1 Å². The fraction of sp³-hybridized carbons (Fsp3) is 0.278. The van der Waals surface area contributed by atoms with E-state index in [1.807, 2.05) is 54.6 Å². The summed E-state index contributed by atoms with van der Waals surface area (Å²) in [5, 5.41) is 2.80. The molecule has 1 unspecified atom stereocenters. The molecule has 5 nitrogen and oxygen atoms in total. The highest BCUT2D eigenvalue weighted by molar-refractivity contribution is 7.91. The fourth-order valence-electron chi connectivity index (χ4n) is 2.64. The lowest BCUT2D eigenvalue weighted by atomic mass is 10.1. The van der Waals surface area contributed by atoms with Crippen LogP contribution >= 0.6 is 0 Å². The smallest absolute Gasteiger partial charge is 0.224 e. The summed E-state index contributed by atoms with van der Waals surface area (Å²) in [6.07, 6.45) is 0.415. The van der Waals surface area contributed by atoms with Crippen molar-refractivity contribution < 1.29 is 17.9 Å². The van der Waals surface area contributed by atoms with Crippen molar-refractivity contribution in [2.75, 3.05) is 11.5 Å². The molecular formula is C18H19NO4S. The summed E-state index contributed by atoms with van der Waals surface area (Å²) in [5.41, 5.74) is 0.935. The Labute approximate surface area is 141 Å². The molecular weight excluding hydrogens is 326 g/mol. The van der Waals surface area contributed by atoms with Gasteiger partial charge in [-0.15, -0.1) is 0 Å². The van der Waals surface area contributed by atoms with Gasteiger partial charge in [0.1, 0.15) is 11.5 Å². The van der Waals surface area contributed by atoms with E-state index in [1.54, 1.807) is 0 Å². The van der Waals surface area contributed by atoms with E-state index in [2.05, 4.69) is 5.32 Å². The molecule has 6 heteroatoms. The summed E-state index contributed by atoms with van der Waals surface area (Å²) in [6, 6.07) is 16.9. The summed E-state index contributed by atoms with van der Waals surface area (Å²) >= 11 is 0. The molecule has 1 atom stereocenters. The number of rotatable bonds is 5. The molecule has 1 aliphatic heterocycles. The number of benzene rings is 2. The van der Waals surface area contributed by atoms with Gasteiger partial charge in [0.15, 0.2) is 9.84 Å². The number of hydrogen-bond donors (Lipinski definition) is 1. The molecule has 1 saturated heterocycles. The molecule has 24 heavy (non-hydrogen) atoms. The Morgan fingerprint density at radius 3 is 2.33 bits per heavy atom. The van der Waals surface area contributed by atoms with Crippen LogP contribution in [0, 0.1) is 5.92 Å². The van der Waals surface area contributed by atoms with Crippen LogP contribution in [0.25, 0.3) is 0 Å². The summed E-state index contributed by atoms with van der Waals surface area (Å²) in [5.74, 6) is 0.940. The highest BCUT2D eigenvalue weighted by Gasteiger charge is 2.32. The number of carbonyl (C=O) groups excluding carboxylic acids is 1. The van der Waals surface area contributed by atoms with Gasteiger partial charge in [0.2, 0.25) is 5.91 Å². The Balaban J connectivity index is 1.52. The van der Waals surface area contributed by atoms with E-state index in [-0.39, 0.29) is 17.4 Å². The van der Waals surface area contributed by atoms with Gasteiger partial charge in [-0.3, -0.25) is 4.79 Å². The maximum atomic E-state index is 12.0. The number of ether oxygens (including phenoxy) is 1. The predicted molar refractivity (Wildman–Crippen MR) is 91.6 cm³/mol. The Morgan fingerprint density at radius 2 is 1.71 bits per heavy atom. The average molecular weight is 345 g/mol. The highest BCUT2D eigenvalue weighted by Crippen LogP contribution is 2.21. The summed E-state index contributed by atoms with van der Waals surface area (Å²) in [4.78, 5) is 12.0. The van der Waals surface area contributed by atoms with E-state index in [0.29, 0.717) is 13.0 Å². The number of amides is 1. The third-order valence-electron chi connectivity index (χ3n) is 3.97. The van der Waals surface area contributed by atoms with Crippen LogP contribution in [-0.2, 0) is 21.2 Å². The van der Waals surface area contributed by atoms with Crippen LogP contribution in [0.5, 0.6) is 11.5 Å². The first-order valence-corrected chi connectivity index (χ1v) is 9.64. The topological polar surface area (TPSA) is 72.5 Å². The first-order valence-electron chi connectivity index (χ1n) is 7.82. The highest BCUT2D eigenvalue weighted by atomic mass is 32.2. The summed E-state index contributed by atoms with van der Waals surface area (Å²) < 4.78 is 28.5. The minimum absolute atomic E-state index is 0.0390. The number of carbonyl (C=O) groups is 1. The zero-order valence-corrected chi connectivity index (χ0v) is 14.0. The monoisotopic (exact) mass is 345 g/mol. The molecule has 0 radical (unpaired) electrons. The van der Waals surface area contributed by atoms with Crippen molar-refractivity contribution in [1.82, 2.24) is 5.32 Å². The predicted octanol–water partition coefficient (Wildman–Crippen LogP) is 2.53. The molecule has 0 aromatic heterocycles. The molecule has 3 rings (SSSR count). The van der Waals surface area contributed by atoms with E-state index in [0.717, 1.165) is 17.1 Å².